The molecule has 4 heteroatoms. The number of hydrogen-bond acceptors (Lipinski definition) is 2. The van der Waals surface area contributed by atoms with E-state index in [1.54, 1.807) is 24.3 Å². The van der Waals surface area contributed by atoms with Crippen molar-refractivity contribution in [2.24, 2.45) is 0 Å². The van der Waals surface area contributed by atoms with Crippen LogP contribution in [0.15, 0.2) is 84.9 Å². The fourth-order valence-corrected chi connectivity index (χ4v) is 3.10. The van der Waals surface area contributed by atoms with Crippen LogP contribution in [-0.2, 0) is 9.59 Å². The first-order valence-electron chi connectivity index (χ1n) is 8.16. The molecule has 1 heterocycles. The van der Waals surface area contributed by atoms with Gasteiger partial charge in [-0.15, -0.1) is 0 Å². The molecule has 26 heavy (non-hydrogen) atoms. The molecule has 0 bridgehead atoms. The standard InChI is InChI=1S/C22H14FNO2/c23-17-11-13-18(14-12-17)24-21(25)19(15-7-3-1-4-8-15)20(22(24)26)16-9-5-2-6-10-16/h1-14H. The topological polar surface area (TPSA) is 37.4 Å². The van der Waals surface area contributed by atoms with Crippen LogP contribution in [0.25, 0.3) is 11.1 Å². The lowest BCUT2D eigenvalue weighted by atomic mass is 9.96. The molecule has 0 spiro atoms. The minimum Gasteiger partial charge on any atom is -0.268 e. The van der Waals surface area contributed by atoms with Crippen molar-refractivity contribution < 1.29 is 14.0 Å². The Kier molecular flexibility index (Phi) is 3.93. The molecule has 3 nitrogen and oxygen atoms in total. The van der Waals surface area contributed by atoms with Gasteiger partial charge in [-0.1, -0.05) is 60.7 Å². The molecule has 0 fully saturated rings. The summed E-state index contributed by atoms with van der Waals surface area (Å²) >= 11 is 0. The van der Waals surface area contributed by atoms with Gasteiger partial charge in [0.2, 0.25) is 0 Å². The summed E-state index contributed by atoms with van der Waals surface area (Å²) in [6, 6.07) is 23.5. The number of imide groups is 1. The van der Waals surface area contributed by atoms with Crippen molar-refractivity contribution in [3.8, 4) is 0 Å². The summed E-state index contributed by atoms with van der Waals surface area (Å²) in [7, 11) is 0. The zero-order chi connectivity index (χ0) is 18.1. The molecular weight excluding hydrogens is 329 g/mol. The van der Waals surface area contributed by atoms with Gasteiger partial charge in [-0.3, -0.25) is 9.59 Å². The predicted molar refractivity (Wildman–Crippen MR) is 98.6 cm³/mol. The number of nitrogens with zero attached hydrogens (tertiary/aromatic N) is 1. The van der Waals surface area contributed by atoms with E-state index in [4.69, 9.17) is 0 Å². The summed E-state index contributed by atoms with van der Waals surface area (Å²) < 4.78 is 13.3. The first-order valence-corrected chi connectivity index (χ1v) is 8.16. The second kappa shape index (κ2) is 6.41. The van der Waals surface area contributed by atoms with Gasteiger partial charge in [-0.05, 0) is 35.4 Å². The van der Waals surface area contributed by atoms with Crippen molar-refractivity contribution in [2.75, 3.05) is 4.90 Å². The molecule has 0 saturated carbocycles. The summed E-state index contributed by atoms with van der Waals surface area (Å²) in [5, 5.41) is 0. The zero-order valence-electron chi connectivity index (χ0n) is 13.7. The second-order valence-corrected chi connectivity index (χ2v) is 5.90. The van der Waals surface area contributed by atoms with Crippen LogP contribution in [-0.4, -0.2) is 11.8 Å². The largest absolute Gasteiger partial charge is 0.268 e. The third-order valence-electron chi connectivity index (χ3n) is 4.29. The zero-order valence-corrected chi connectivity index (χ0v) is 13.7. The minimum atomic E-state index is -0.424. The quantitative estimate of drug-likeness (QED) is 0.665. The van der Waals surface area contributed by atoms with E-state index >= 15 is 0 Å². The molecular formula is C22H14FNO2. The van der Waals surface area contributed by atoms with E-state index in [9.17, 15) is 14.0 Å². The van der Waals surface area contributed by atoms with Gasteiger partial charge in [-0.25, -0.2) is 9.29 Å². The molecule has 1 aliphatic rings. The average molecular weight is 343 g/mol. The lowest BCUT2D eigenvalue weighted by Crippen LogP contribution is -2.31. The Labute approximate surface area is 150 Å². The van der Waals surface area contributed by atoms with Gasteiger partial charge < -0.3 is 0 Å². The van der Waals surface area contributed by atoms with Gasteiger partial charge in [0.25, 0.3) is 11.8 Å². The highest BCUT2D eigenvalue weighted by Gasteiger charge is 2.40. The van der Waals surface area contributed by atoms with E-state index in [-0.39, 0.29) is 0 Å². The molecule has 1 aliphatic heterocycles. The van der Waals surface area contributed by atoms with Crippen LogP contribution in [0.2, 0.25) is 0 Å². The normalized spacial score (nSPS) is 14.3. The predicted octanol–water partition coefficient (Wildman–Crippen LogP) is 4.31. The van der Waals surface area contributed by atoms with Gasteiger partial charge in [0.05, 0.1) is 16.8 Å². The third-order valence-corrected chi connectivity index (χ3v) is 4.29. The molecule has 0 radical (unpaired) electrons. The van der Waals surface area contributed by atoms with Crippen LogP contribution in [0.1, 0.15) is 11.1 Å². The number of rotatable bonds is 3. The summed E-state index contributed by atoms with van der Waals surface area (Å²) in [5.41, 5.74) is 2.40. The number of hydrogen-bond donors (Lipinski definition) is 0. The molecule has 126 valence electrons. The van der Waals surface area contributed by atoms with E-state index in [1.165, 1.54) is 24.3 Å². The highest BCUT2D eigenvalue weighted by Crippen LogP contribution is 2.37. The smallest absolute Gasteiger partial charge is 0.266 e. The first kappa shape index (κ1) is 16.0. The summed E-state index contributed by atoms with van der Waals surface area (Å²) in [4.78, 5) is 27.4. The van der Waals surface area contributed by atoms with Crippen molar-refractivity contribution in [3.63, 3.8) is 0 Å². The highest BCUT2D eigenvalue weighted by molar-refractivity contribution is 6.56. The summed E-state index contributed by atoms with van der Waals surface area (Å²) in [5.74, 6) is -1.24. The molecule has 0 aromatic heterocycles. The maximum atomic E-state index is 13.3. The van der Waals surface area contributed by atoms with E-state index in [1.807, 2.05) is 36.4 Å². The van der Waals surface area contributed by atoms with Gasteiger partial charge >= 0.3 is 0 Å². The van der Waals surface area contributed by atoms with E-state index in [0.29, 0.717) is 28.0 Å². The Balaban J connectivity index is 1.90. The fourth-order valence-electron chi connectivity index (χ4n) is 3.10. The maximum absolute atomic E-state index is 13.3. The van der Waals surface area contributed by atoms with Gasteiger partial charge in [0.1, 0.15) is 5.82 Å². The van der Waals surface area contributed by atoms with Crippen LogP contribution in [0.3, 0.4) is 0 Å². The van der Waals surface area contributed by atoms with E-state index in [2.05, 4.69) is 0 Å². The van der Waals surface area contributed by atoms with Gasteiger partial charge in [0, 0.05) is 0 Å². The first-order chi connectivity index (χ1) is 12.7. The third kappa shape index (κ3) is 2.62. The fraction of sp³-hybridized carbons (Fsp3) is 0. The molecule has 0 N–H and O–H groups in total. The molecule has 0 unspecified atom stereocenters. The minimum absolute atomic E-state index is 0.348. The lowest BCUT2D eigenvalue weighted by molar-refractivity contribution is -0.119. The molecule has 0 aliphatic carbocycles. The van der Waals surface area contributed by atoms with Crippen molar-refractivity contribution in [1.29, 1.82) is 0 Å². The van der Waals surface area contributed by atoms with Gasteiger partial charge in [-0.2, -0.15) is 0 Å². The molecule has 3 aromatic rings. The summed E-state index contributed by atoms with van der Waals surface area (Å²) in [6.07, 6.45) is 0. The number of carbonyl (C=O) groups is 2. The molecule has 3 aromatic carbocycles. The lowest BCUT2D eigenvalue weighted by Gasteiger charge is -2.15. The molecule has 0 atom stereocenters. The monoisotopic (exact) mass is 343 g/mol. The number of amides is 2. The Morgan fingerprint density at radius 3 is 1.42 bits per heavy atom. The molecule has 4 rings (SSSR count). The van der Waals surface area contributed by atoms with Crippen molar-refractivity contribution in [3.05, 3.63) is 102 Å². The van der Waals surface area contributed by atoms with Crippen LogP contribution < -0.4 is 4.90 Å². The Bertz CT molecular complexity index is 948. The second-order valence-electron chi connectivity index (χ2n) is 5.90. The Morgan fingerprint density at radius 2 is 1.00 bits per heavy atom. The Morgan fingerprint density at radius 1 is 0.577 bits per heavy atom. The van der Waals surface area contributed by atoms with Crippen molar-refractivity contribution in [2.45, 2.75) is 0 Å². The maximum Gasteiger partial charge on any atom is 0.266 e. The van der Waals surface area contributed by atoms with E-state index < -0.39 is 17.6 Å². The van der Waals surface area contributed by atoms with Crippen molar-refractivity contribution in [1.82, 2.24) is 0 Å². The number of anilines is 1. The molecule has 2 amide bonds. The number of benzene rings is 3. The highest BCUT2D eigenvalue weighted by atomic mass is 19.1. The average Bonchev–Trinajstić information content (AvgIpc) is 2.94. The SMILES string of the molecule is O=C1C(c2ccccc2)=C(c2ccccc2)C(=O)N1c1ccc(F)cc1. The van der Waals surface area contributed by atoms with Crippen LogP contribution in [0.5, 0.6) is 0 Å². The van der Waals surface area contributed by atoms with Gasteiger partial charge in [0.15, 0.2) is 0 Å². The Hall–Kier alpha value is -3.53. The number of carbonyl (C=O) groups excluding carboxylic acids is 2. The van der Waals surface area contributed by atoms with Crippen LogP contribution >= 0.6 is 0 Å². The van der Waals surface area contributed by atoms with Crippen LogP contribution in [0.4, 0.5) is 10.1 Å². The summed E-state index contributed by atoms with van der Waals surface area (Å²) in [6.45, 7) is 0. The van der Waals surface area contributed by atoms with E-state index in [0.717, 1.165) is 4.90 Å². The molecule has 0 saturated heterocycles. The van der Waals surface area contributed by atoms with Crippen LogP contribution in [0, 0.1) is 5.82 Å². The number of halogens is 1. The van der Waals surface area contributed by atoms with Crippen molar-refractivity contribution >= 4 is 28.6 Å².